The number of unbranched alkanes of at least 4 members (excludes halogenated alkanes) is 1. The molecule has 0 amide bonds. The summed E-state index contributed by atoms with van der Waals surface area (Å²) in [6.07, 6.45) is 2.05. The summed E-state index contributed by atoms with van der Waals surface area (Å²) < 4.78 is 31.4. The van der Waals surface area contributed by atoms with Gasteiger partial charge < -0.3 is 9.30 Å². The third-order valence-corrected chi connectivity index (χ3v) is 8.44. The monoisotopic (exact) mass is 622 g/mol. The van der Waals surface area contributed by atoms with Crippen molar-refractivity contribution in [2.75, 3.05) is 0 Å². The van der Waals surface area contributed by atoms with E-state index in [1.54, 1.807) is 36.4 Å². The van der Waals surface area contributed by atoms with Crippen molar-refractivity contribution in [3.05, 3.63) is 126 Å². The molecule has 5 rings (SSSR count). The van der Waals surface area contributed by atoms with Crippen LogP contribution in [-0.4, -0.2) is 28.8 Å². The first-order chi connectivity index (χ1) is 21.7. The van der Waals surface area contributed by atoms with Gasteiger partial charge in [-0.25, -0.2) is 18.5 Å². The van der Waals surface area contributed by atoms with Crippen LogP contribution < -0.4 is 9.88 Å². The zero-order valence-corrected chi connectivity index (χ0v) is 26.4. The van der Waals surface area contributed by atoms with Crippen LogP contribution in [0.3, 0.4) is 0 Å². The Morgan fingerprint density at radius 3 is 1.89 bits per heavy atom. The molecule has 0 fully saturated rings. The minimum absolute atomic E-state index is 0.0790. The summed E-state index contributed by atoms with van der Waals surface area (Å²) in [4.78, 5) is 19.1. The molecule has 0 aliphatic heterocycles. The molecule has 1 aromatic heterocycles. The Morgan fingerprint density at radius 2 is 1.36 bits per heavy atom. The molecule has 0 radical (unpaired) electrons. The summed E-state index contributed by atoms with van der Waals surface area (Å²) in [6.45, 7) is 6.11. The second kappa shape index (κ2) is 14.5. The summed E-state index contributed by atoms with van der Waals surface area (Å²) in [5.41, 5.74) is 6.13. The van der Waals surface area contributed by atoms with Crippen LogP contribution in [-0.2, 0) is 41.0 Å². The van der Waals surface area contributed by atoms with Gasteiger partial charge in [-0.05, 0) is 41.8 Å². The predicted octanol–water partition coefficient (Wildman–Crippen LogP) is 6.79. The number of carbonyl (C=O) groups excluding carboxylic acids is 1. The van der Waals surface area contributed by atoms with E-state index in [4.69, 9.17) is 14.9 Å². The van der Waals surface area contributed by atoms with Crippen LogP contribution in [0, 0.1) is 0 Å². The lowest BCUT2D eigenvalue weighted by atomic mass is 10.1. The van der Waals surface area contributed by atoms with E-state index in [9.17, 15) is 13.2 Å². The predicted molar refractivity (Wildman–Crippen MR) is 177 cm³/mol. The van der Waals surface area contributed by atoms with Gasteiger partial charge in [-0.15, -0.1) is 0 Å². The lowest BCUT2D eigenvalue weighted by Gasteiger charge is -2.25. The molecule has 0 bridgehead atoms. The lowest BCUT2D eigenvalue weighted by Crippen LogP contribution is -2.24. The van der Waals surface area contributed by atoms with Crippen LogP contribution >= 0.6 is 0 Å². The molecule has 9 heteroatoms. The smallest absolute Gasteiger partial charge is 0.308 e. The maximum atomic E-state index is 11.9. The fourth-order valence-electron chi connectivity index (χ4n) is 5.35. The Hall–Kier alpha value is -4.57. The average molecular weight is 623 g/mol. The largest absolute Gasteiger partial charge is 0.427 e. The van der Waals surface area contributed by atoms with Gasteiger partial charge in [0.25, 0.3) is 0 Å². The van der Waals surface area contributed by atoms with Crippen molar-refractivity contribution in [3.63, 3.8) is 0 Å². The van der Waals surface area contributed by atoms with Gasteiger partial charge in [0.05, 0.1) is 16.3 Å². The molecule has 8 nitrogen and oxygen atoms in total. The number of aromatic nitrogens is 2. The molecule has 0 atom stereocenters. The molecule has 0 saturated heterocycles. The van der Waals surface area contributed by atoms with E-state index in [1.807, 2.05) is 48.5 Å². The average Bonchev–Trinajstić information content (AvgIpc) is 3.39. The van der Waals surface area contributed by atoms with Crippen molar-refractivity contribution >= 4 is 16.0 Å². The molecule has 0 saturated carbocycles. The van der Waals surface area contributed by atoms with Gasteiger partial charge in [0.1, 0.15) is 11.6 Å². The second-order valence-electron chi connectivity index (χ2n) is 11.0. The standard InChI is InChI=1S/C36H38N4O4S/c1-3-4-23-40-34(35(30-11-7-5-8-12-30)38-36(40)31-13-9-6-10-14-31)26-39(24-28-15-19-32(20-16-28)44-27(2)41)25-29-17-21-33(22-18-29)45(37,42)43/h5-22H,3-4,23-26H2,1-2H3,(H2,37,42,43). The number of sulfonamides is 1. The highest BCUT2D eigenvalue weighted by Crippen LogP contribution is 2.32. The quantitative estimate of drug-likeness (QED) is 0.114. The van der Waals surface area contributed by atoms with Gasteiger partial charge >= 0.3 is 5.97 Å². The minimum Gasteiger partial charge on any atom is -0.427 e. The molecule has 45 heavy (non-hydrogen) atoms. The number of ether oxygens (including phenoxy) is 1. The maximum absolute atomic E-state index is 11.9. The van der Waals surface area contributed by atoms with Crippen molar-refractivity contribution in [1.29, 1.82) is 0 Å². The normalized spacial score (nSPS) is 11.6. The van der Waals surface area contributed by atoms with Crippen LogP contribution in [0.4, 0.5) is 0 Å². The molecule has 2 N–H and O–H groups in total. The number of benzene rings is 4. The zero-order chi connectivity index (χ0) is 31.8. The van der Waals surface area contributed by atoms with E-state index in [0.717, 1.165) is 58.9 Å². The molecule has 0 aliphatic rings. The minimum atomic E-state index is -3.79. The number of nitrogens with zero attached hydrogens (tertiary/aromatic N) is 3. The molecule has 5 aromatic rings. The van der Waals surface area contributed by atoms with Crippen LogP contribution in [0.15, 0.2) is 114 Å². The molecule has 232 valence electrons. The SMILES string of the molecule is CCCCn1c(-c2ccccc2)nc(-c2ccccc2)c1CN(Cc1ccc(OC(C)=O)cc1)Cc1ccc(S(N)(=O)=O)cc1. The lowest BCUT2D eigenvalue weighted by molar-refractivity contribution is -0.131. The molecule has 0 unspecified atom stereocenters. The van der Waals surface area contributed by atoms with E-state index in [0.29, 0.717) is 25.4 Å². The Bertz CT molecular complexity index is 1820. The number of imidazole rings is 1. The number of nitrogens with two attached hydrogens (primary N) is 1. The highest BCUT2D eigenvalue weighted by Gasteiger charge is 2.22. The third-order valence-electron chi connectivity index (χ3n) is 7.51. The molecule has 0 spiro atoms. The van der Waals surface area contributed by atoms with Gasteiger partial charge in [0.15, 0.2) is 0 Å². The summed E-state index contributed by atoms with van der Waals surface area (Å²) in [6, 6.07) is 34.7. The Labute approximate surface area is 265 Å². The van der Waals surface area contributed by atoms with Gasteiger partial charge in [-0.1, -0.05) is 98.3 Å². The molecule has 1 heterocycles. The third kappa shape index (κ3) is 8.33. The van der Waals surface area contributed by atoms with Crippen LogP contribution in [0.2, 0.25) is 0 Å². The van der Waals surface area contributed by atoms with Crippen molar-refractivity contribution in [2.24, 2.45) is 5.14 Å². The van der Waals surface area contributed by atoms with Gasteiger partial charge in [0, 0.05) is 44.2 Å². The van der Waals surface area contributed by atoms with Crippen molar-refractivity contribution in [3.8, 4) is 28.4 Å². The molecule has 0 aliphatic carbocycles. The number of hydrogen-bond acceptors (Lipinski definition) is 6. The first kappa shape index (κ1) is 31.8. The van der Waals surface area contributed by atoms with E-state index in [2.05, 4.69) is 40.7 Å². The number of primary sulfonamides is 1. The fraction of sp³-hybridized carbons (Fsp3) is 0.222. The van der Waals surface area contributed by atoms with Crippen LogP contribution in [0.1, 0.15) is 43.5 Å². The van der Waals surface area contributed by atoms with Gasteiger partial charge in [-0.2, -0.15) is 0 Å². The maximum Gasteiger partial charge on any atom is 0.308 e. The molecule has 4 aromatic carbocycles. The summed E-state index contributed by atoms with van der Waals surface area (Å²) in [5.74, 6) is 1.06. The molecular weight excluding hydrogens is 584 g/mol. The number of hydrogen-bond donors (Lipinski definition) is 1. The van der Waals surface area contributed by atoms with Gasteiger partial charge in [-0.3, -0.25) is 9.69 Å². The summed E-state index contributed by atoms with van der Waals surface area (Å²) in [7, 11) is -3.79. The van der Waals surface area contributed by atoms with Gasteiger partial charge in [0.2, 0.25) is 10.0 Å². The molecular formula is C36H38N4O4S. The number of rotatable bonds is 13. The summed E-state index contributed by atoms with van der Waals surface area (Å²) >= 11 is 0. The Morgan fingerprint density at radius 1 is 0.800 bits per heavy atom. The second-order valence-corrected chi connectivity index (χ2v) is 12.6. The van der Waals surface area contributed by atoms with E-state index < -0.39 is 10.0 Å². The fourth-order valence-corrected chi connectivity index (χ4v) is 5.86. The van der Waals surface area contributed by atoms with E-state index in [-0.39, 0.29) is 10.9 Å². The number of carbonyl (C=O) groups is 1. The highest BCUT2D eigenvalue weighted by molar-refractivity contribution is 7.89. The van der Waals surface area contributed by atoms with Crippen molar-refractivity contribution in [2.45, 2.75) is 57.8 Å². The van der Waals surface area contributed by atoms with E-state index >= 15 is 0 Å². The van der Waals surface area contributed by atoms with Crippen LogP contribution in [0.5, 0.6) is 5.75 Å². The van der Waals surface area contributed by atoms with Crippen molar-refractivity contribution < 1.29 is 17.9 Å². The Kier molecular flexibility index (Phi) is 10.2. The zero-order valence-electron chi connectivity index (χ0n) is 25.6. The topological polar surface area (TPSA) is 108 Å². The highest BCUT2D eigenvalue weighted by atomic mass is 32.2. The van der Waals surface area contributed by atoms with E-state index in [1.165, 1.54) is 6.92 Å². The first-order valence-electron chi connectivity index (χ1n) is 15.0. The number of esters is 1. The Balaban J connectivity index is 1.58. The first-order valence-corrected chi connectivity index (χ1v) is 16.6. The van der Waals surface area contributed by atoms with Crippen molar-refractivity contribution in [1.82, 2.24) is 14.5 Å². The van der Waals surface area contributed by atoms with Crippen LogP contribution in [0.25, 0.3) is 22.6 Å². The summed E-state index contributed by atoms with van der Waals surface area (Å²) in [5, 5.41) is 5.35.